The number of hydrogen-bond donors (Lipinski definition) is 0. The largest absolute Gasteiger partial charge is 0.0917 e. The van der Waals surface area contributed by atoms with Gasteiger partial charge in [0.25, 0.3) is 0 Å². The summed E-state index contributed by atoms with van der Waals surface area (Å²) >= 11 is 0. The third-order valence-electron chi connectivity index (χ3n) is 2.92. The Bertz CT molecular complexity index is 713. The Hall–Kier alpha value is -2.08. The first-order valence-electron chi connectivity index (χ1n) is 5.34. The summed E-state index contributed by atoms with van der Waals surface area (Å²) in [7, 11) is 0. The molecule has 0 N–H and O–H groups in total. The minimum atomic E-state index is 1.06. The van der Waals surface area contributed by atoms with Gasteiger partial charge < -0.3 is 0 Å². The molecule has 0 atom stereocenters. The number of fused-ring (bicyclic) bond motifs is 2. The minimum absolute atomic E-state index is 1.06. The second kappa shape index (κ2) is 3.21. The fourth-order valence-electron chi connectivity index (χ4n) is 2.10. The van der Waals surface area contributed by atoms with Gasteiger partial charge in [-0.3, -0.25) is 0 Å². The number of benzene rings is 3. The molecule has 0 amide bonds. The lowest BCUT2D eigenvalue weighted by atomic mass is 10.0. The van der Waals surface area contributed by atoms with E-state index in [0.717, 1.165) is 10.4 Å². The van der Waals surface area contributed by atoms with Crippen molar-refractivity contribution >= 4 is 34.7 Å². The van der Waals surface area contributed by atoms with Gasteiger partial charge in [-0.15, -0.1) is 0 Å². The molecule has 0 fully saturated rings. The van der Waals surface area contributed by atoms with Gasteiger partial charge in [0.05, 0.1) is 0 Å². The SMILES string of the molecule is C=c1ccc2cc3cc(=C)ccc3cc2c1. The van der Waals surface area contributed by atoms with Crippen molar-refractivity contribution in [2.75, 3.05) is 0 Å². The molecule has 3 aromatic carbocycles. The molecule has 0 aliphatic rings. The third-order valence-corrected chi connectivity index (χ3v) is 2.92. The molecule has 0 radical (unpaired) electrons. The molecule has 0 bridgehead atoms. The van der Waals surface area contributed by atoms with Crippen LogP contribution in [0.1, 0.15) is 0 Å². The van der Waals surface area contributed by atoms with Gasteiger partial charge in [-0.1, -0.05) is 37.4 Å². The highest BCUT2D eigenvalue weighted by Crippen LogP contribution is 2.20. The lowest BCUT2D eigenvalue weighted by Gasteiger charge is -2.02. The molecular formula is C16H12. The molecule has 0 nitrogen and oxygen atoms in total. The predicted molar refractivity (Wildman–Crippen MR) is 71.7 cm³/mol. The van der Waals surface area contributed by atoms with E-state index in [-0.39, 0.29) is 0 Å². The van der Waals surface area contributed by atoms with Gasteiger partial charge in [0.15, 0.2) is 0 Å². The van der Waals surface area contributed by atoms with Crippen molar-refractivity contribution in [3.05, 3.63) is 59.0 Å². The maximum absolute atomic E-state index is 3.95. The van der Waals surface area contributed by atoms with Crippen LogP contribution in [0.5, 0.6) is 0 Å². The van der Waals surface area contributed by atoms with Crippen molar-refractivity contribution in [2.24, 2.45) is 0 Å². The van der Waals surface area contributed by atoms with Crippen LogP contribution in [0.25, 0.3) is 34.7 Å². The van der Waals surface area contributed by atoms with Crippen LogP contribution in [0.15, 0.2) is 48.5 Å². The van der Waals surface area contributed by atoms with Gasteiger partial charge in [0.1, 0.15) is 0 Å². The summed E-state index contributed by atoms with van der Waals surface area (Å²) < 4.78 is 0. The average molecular weight is 204 g/mol. The molecule has 3 aromatic rings. The van der Waals surface area contributed by atoms with E-state index in [4.69, 9.17) is 0 Å². The van der Waals surface area contributed by atoms with Crippen LogP contribution in [-0.2, 0) is 0 Å². The summed E-state index contributed by atoms with van der Waals surface area (Å²) in [5.41, 5.74) is 0. The van der Waals surface area contributed by atoms with E-state index in [2.05, 4.69) is 49.6 Å². The molecule has 76 valence electrons. The van der Waals surface area contributed by atoms with E-state index in [1.165, 1.54) is 21.5 Å². The summed E-state index contributed by atoms with van der Waals surface area (Å²) in [6, 6.07) is 17.0. The van der Waals surface area contributed by atoms with E-state index < -0.39 is 0 Å². The summed E-state index contributed by atoms with van der Waals surface area (Å²) in [6.07, 6.45) is 0. The lowest BCUT2D eigenvalue weighted by molar-refractivity contribution is 1.67. The Morgan fingerprint density at radius 1 is 0.500 bits per heavy atom. The van der Waals surface area contributed by atoms with Crippen molar-refractivity contribution in [2.45, 2.75) is 0 Å². The van der Waals surface area contributed by atoms with Crippen molar-refractivity contribution < 1.29 is 0 Å². The standard InChI is InChI=1S/C16H12/c1-11-3-5-13-10-16-8-12(2)4-6-14(16)9-15(13)7-11/h3-10H,1-2H2. The molecule has 0 heteroatoms. The molecular weight excluding hydrogens is 192 g/mol. The fourth-order valence-corrected chi connectivity index (χ4v) is 2.10. The molecule has 0 spiro atoms. The quantitative estimate of drug-likeness (QED) is 0.494. The van der Waals surface area contributed by atoms with Gasteiger partial charge >= 0.3 is 0 Å². The van der Waals surface area contributed by atoms with Crippen LogP contribution in [0, 0.1) is 0 Å². The van der Waals surface area contributed by atoms with Crippen molar-refractivity contribution in [1.29, 1.82) is 0 Å². The molecule has 0 saturated carbocycles. The Labute approximate surface area is 94.1 Å². The van der Waals surface area contributed by atoms with Gasteiger partial charge in [-0.25, -0.2) is 0 Å². The van der Waals surface area contributed by atoms with Gasteiger partial charge in [-0.2, -0.15) is 0 Å². The lowest BCUT2D eigenvalue weighted by Crippen LogP contribution is -1.96. The topological polar surface area (TPSA) is 0 Å². The molecule has 0 unspecified atom stereocenters. The van der Waals surface area contributed by atoms with Crippen molar-refractivity contribution in [1.82, 2.24) is 0 Å². The average Bonchev–Trinajstić information content (AvgIpc) is 2.26. The first-order valence-corrected chi connectivity index (χ1v) is 5.34. The second-order valence-corrected chi connectivity index (χ2v) is 4.22. The second-order valence-electron chi connectivity index (χ2n) is 4.22. The van der Waals surface area contributed by atoms with E-state index in [1.807, 2.05) is 12.1 Å². The fraction of sp³-hybridized carbons (Fsp3) is 0. The van der Waals surface area contributed by atoms with Gasteiger partial charge in [-0.05, 0) is 56.2 Å². The Morgan fingerprint density at radius 3 is 1.38 bits per heavy atom. The zero-order chi connectivity index (χ0) is 11.1. The van der Waals surface area contributed by atoms with Crippen LogP contribution in [0.4, 0.5) is 0 Å². The summed E-state index contributed by atoms with van der Waals surface area (Å²) in [5.74, 6) is 0. The highest BCUT2D eigenvalue weighted by Gasteiger charge is 1.96. The first-order chi connectivity index (χ1) is 7.72. The monoisotopic (exact) mass is 204 g/mol. The highest BCUT2D eigenvalue weighted by molar-refractivity contribution is 5.98. The Kier molecular flexibility index (Phi) is 1.84. The maximum Gasteiger partial charge on any atom is -0.0172 e. The molecule has 0 aliphatic carbocycles. The summed E-state index contributed by atoms with van der Waals surface area (Å²) in [4.78, 5) is 0. The molecule has 3 rings (SSSR count). The molecule has 0 heterocycles. The Balaban J connectivity index is 2.53. The summed E-state index contributed by atoms with van der Waals surface area (Å²) in [6.45, 7) is 7.91. The van der Waals surface area contributed by atoms with Crippen LogP contribution < -0.4 is 10.4 Å². The van der Waals surface area contributed by atoms with Crippen LogP contribution >= 0.6 is 0 Å². The van der Waals surface area contributed by atoms with Crippen molar-refractivity contribution in [3.63, 3.8) is 0 Å². The molecule has 0 saturated heterocycles. The van der Waals surface area contributed by atoms with Gasteiger partial charge in [0.2, 0.25) is 0 Å². The van der Waals surface area contributed by atoms with Crippen LogP contribution in [0.2, 0.25) is 0 Å². The van der Waals surface area contributed by atoms with E-state index in [1.54, 1.807) is 0 Å². The van der Waals surface area contributed by atoms with Crippen molar-refractivity contribution in [3.8, 4) is 0 Å². The molecule has 16 heavy (non-hydrogen) atoms. The van der Waals surface area contributed by atoms with Crippen LogP contribution in [0.3, 0.4) is 0 Å². The predicted octanol–water partition coefficient (Wildman–Crippen LogP) is 2.81. The Morgan fingerprint density at radius 2 is 0.938 bits per heavy atom. The van der Waals surface area contributed by atoms with E-state index >= 15 is 0 Å². The zero-order valence-corrected chi connectivity index (χ0v) is 9.03. The normalized spacial score (nSPS) is 11.0. The van der Waals surface area contributed by atoms with E-state index in [0.29, 0.717) is 0 Å². The van der Waals surface area contributed by atoms with Crippen LogP contribution in [-0.4, -0.2) is 0 Å². The minimum Gasteiger partial charge on any atom is -0.0917 e. The highest BCUT2D eigenvalue weighted by atomic mass is 14.0. The van der Waals surface area contributed by atoms with E-state index in [9.17, 15) is 0 Å². The first kappa shape index (κ1) is 9.17. The molecule has 0 aromatic heterocycles. The summed E-state index contributed by atoms with van der Waals surface area (Å²) in [5, 5.41) is 7.12. The number of hydrogen-bond acceptors (Lipinski definition) is 0. The zero-order valence-electron chi connectivity index (χ0n) is 9.03. The number of rotatable bonds is 0. The maximum atomic E-state index is 3.95. The third kappa shape index (κ3) is 1.40. The molecule has 0 aliphatic heterocycles. The smallest absolute Gasteiger partial charge is 0.0172 e. The van der Waals surface area contributed by atoms with Gasteiger partial charge in [0, 0.05) is 0 Å².